The number of halogens is 3. The van der Waals surface area contributed by atoms with Crippen LogP contribution in [0.2, 0.25) is 5.02 Å². The average molecular weight is 389 g/mol. The van der Waals surface area contributed by atoms with Crippen LogP contribution in [0.15, 0.2) is 42.7 Å². The summed E-state index contributed by atoms with van der Waals surface area (Å²) in [7, 11) is 0. The first kappa shape index (κ1) is 21.2. The normalized spacial score (nSPS) is 17.7. The second-order valence-corrected chi connectivity index (χ2v) is 6.16. The van der Waals surface area contributed by atoms with Crippen LogP contribution < -0.4 is 5.32 Å². The second kappa shape index (κ2) is 10.2. The topological polar surface area (TPSA) is 28.2 Å². The SMILES string of the molecule is CCc1ccc(C2CNCCN2Cc2ccncc2Cl)cc1.Cl.Cl. The standard InChI is InChI=1S/C18H22ClN3.2ClH/c1-2-14-3-5-15(6-4-14)18-12-21-9-10-22(18)13-16-7-8-20-11-17(16)19;;/h3-8,11,18,21H,2,9-10,12-13H2,1H3;2*1H. The highest BCUT2D eigenvalue weighted by molar-refractivity contribution is 6.31. The van der Waals surface area contributed by atoms with Crippen molar-refractivity contribution >= 4 is 36.4 Å². The Kier molecular flexibility index (Phi) is 9.03. The molecule has 1 fully saturated rings. The molecule has 1 N–H and O–H groups in total. The van der Waals surface area contributed by atoms with Crippen molar-refractivity contribution in [1.82, 2.24) is 15.2 Å². The molecular formula is C18H24Cl3N3. The molecule has 0 amide bonds. The minimum absolute atomic E-state index is 0. The number of aryl methyl sites for hydroxylation is 1. The Hall–Kier alpha value is -0.840. The molecule has 1 aromatic carbocycles. The van der Waals surface area contributed by atoms with Crippen LogP contribution in [-0.2, 0) is 13.0 Å². The summed E-state index contributed by atoms with van der Waals surface area (Å²) in [6, 6.07) is 11.4. The van der Waals surface area contributed by atoms with E-state index in [-0.39, 0.29) is 24.8 Å². The molecule has 2 aromatic rings. The first-order valence-electron chi connectivity index (χ1n) is 7.90. The molecule has 1 atom stereocenters. The maximum Gasteiger partial charge on any atom is 0.0634 e. The molecule has 3 rings (SSSR count). The monoisotopic (exact) mass is 387 g/mol. The van der Waals surface area contributed by atoms with Crippen LogP contribution in [0, 0.1) is 0 Å². The summed E-state index contributed by atoms with van der Waals surface area (Å²) in [6.07, 6.45) is 4.62. The van der Waals surface area contributed by atoms with Gasteiger partial charge in [-0.05, 0) is 29.2 Å². The van der Waals surface area contributed by atoms with Crippen LogP contribution in [0.4, 0.5) is 0 Å². The zero-order valence-electron chi connectivity index (χ0n) is 13.7. The van der Waals surface area contributed by atoms with Gasteiger partial charge in [-0.3, -0.25) is 9.88 Å². The Labute approximate surface area is 161 Å². The van der Waals surface area contributed by atoms with Gasteiger partial charge < -0.3 is 5.32 Å². The predicted molar refractivity (Wildman–Crippen MR) is 106 cm³/mol. The van der Waals surface area contributed by atoms with Crippen LogP contribution in [-0.4, -0.2) is 29.5 Å². The molecule has 0 spiro atoms. The number of aromatic nitrogens is 1. The molecule has 1 saturated heterocycles. The lowest BCUT2D eigenvalue weighted by Crippen LogP contribution is -2.45. The number of hydrogen-bond acceptors (Lipinski definition) is 3. The Bertz CT molecular complexity index is 619. The molecule has 3 nitrogen and oxygen atoms in total. The third-order valence-corrected chi connectivity index (χ3v) is 4.70. The van der Waals surface area contributed by atoms with Crippen molar-refractivity contribution in [3.63, 3.8) is 0 Å². The summed E-state index contributed by atoms with van der Waals surface area (Å²) in [6.45, 7) is 6.08. The van der Waals surface area contributed by atoms with Crippen LogP contribution in [0.1, 0.15) is 29.7 Å². The van der Waals surface area contributed by atoms with Crippen LogP contribution in [0.3, 0.4) is 0 Å². The van der Waals surface area contributed by atoms with E-state index in [0.717, 1.165) is 43.2 Å². The van der Waals surface area contributed by atoms with Gasteiger partial charge in [-0.15, -0.1) is 24.8 Å². The number of nitrogens with one attached hydrogen (secondary N) is 1. The lowest BCUT2D eigenvalue weighted by Gasteiger charge is -2.36. The first-order valence-corrected chi connectivity index (χ1v) is 8.27. The van der Waals surface area contributed by atoms with Crippen molar-refractivity contribution in [2.45, 2.75) is 25.9 Å². The third kappa shape index (κ3) is 5.08. The Morgan fingerprint density at radius 3 is 2.62 bits per heavy atom. The number of benzene rings is 1. The molecule has 0 radical (unpaired) electrons. The van der Waals surface area contributed by atoms with Crippen molar-refractivity contribution in [2.24, 2.45) is 0 Å². The van der Waals surface area contributed by atoms with E-state index in [1.807, 2.05) is 12.3 Å². The Morgan fingerprint density at radius 1 is 1.21 bits per heavy atom. The van der Waals surface area contributed by atoms with E-state index in [1.165, 1.54) is 11.1 Å². The van der Waals surface area contributed by atoms with Gasteiger partial charge in [0.05, 0.1) is 5.02 Å². The molecule has 1 aromatic heterocycles. The molecule has 1 unspecified atom stereocenters. The maximum atomic E-state index is 6.27. The number of hydrogen-bond donors (Lipinski definition) is 1. The highest BCUT2D eigenvalue weighted by Gasteiger charge is 2.24. The van der Waals surface area contributed by atoms with E-state index in [9.17, 15) is 0 Å². The highest BCUT2D eigenvalue weighted by Crippen LogP contribution is 2.26. The van der Waals surface area contributed by atoms with E-state index in [0.29, 0.717) is 6.04 Å². The van der Waals surface area contributed by atoms with Gasteiger partial charge in [0.25, 0.3) is 0 Å². The van der Waals surface area contributed by atoms with Crippen molar-refractivity contribution in [1.29, 1.82) is 0 Å². The molecule has 1 aliphatic rings. The fraction of sp³-hybridized carbons (Fsp3) is 0.389. The Morgan fingerprint density at radius 2 is 1.96 bits per heavy atom. The Balaban J connectivity index is 0.00000144. The van der Waals surface area contributed by atoms with Crippen molar-refractivity contribution in [2.75, 3.05) is 19.6 Å². The van der Waals surface area contributed by atoms with Gasteiger partial charge >= 0.3 is 0 Å². The first-order chi connectivity index (χ1) is 10.8. The molecule has 0 saturated carbocycles. The number of nitrogens with zero attached hydrogens (tertiary/aromatic N) is 2. The fourth-order valence-corrected chi connectivity index (χ4v) is 3.17. The van der Waals surface area contributed by atoms with Gasteiger partial charge in [-0.25, -0.2) is 0 Å². The minimum Gasteiger partial charge on any atom is -0.314 e. The van der Waals surface area contributed by atoms with E-state index < -0.39 is 0 Å². The van der Waals surface area contributed by atoms with Gasteiger partial charge in [0.2, 0.25) is 0 Å². The maximum absolute atomic E-state index is 6.27. The van der Waals surface area contributed by atoms with Crippen molar-refractivity contribution < 1.29 is 0 Å². The summed E-state index contributed by atoms with van der Waals surface area (Å²) in [5.74, 6) is 0. The second-order valence-electron chi connectivity index (χ2n) is 5.75. The molecular weight excluding hydrogens is 365 g/mol. The van der Waals surface area contributed by atoms with Gasteiger partial charge in [0, 0.05) is 44.6 Å². The number of rotatable bonds is 4. The number of piperazine rings is 1. The number of pyridine rings is 1. The summed E-state index contributed by atoms with van der Waals surface area (Å²) in [4.78, 5) is 6.57. The van der Waals surface area contributed by atoms with Gasteiger partial charge in [0.1, 0.15) is 0 Å². The van der Waals surface area contributed by atoms with Gasteiger partial charge in [-0.2, -0.15) is 0 Å². The summed E-state index contributed by atoms with van der Waals surface area (Å²) in [5.41, 5.74) is 3.90. The molecule has 2 heterocycles. The van der Waals surface area contributed by atoms with Gasteiger partial charge in [-0.1, -0.05) is 42.8 Å². The van der Waals surface area contributed by atoms with E-state index in [4.69, 9.17) is 11.6 Å². The van der Waals surface area contributed by atoms with E-state index in [2.05, 4.69) is 46.4 Å². The van der Waals surface area contributed by atoms with Crippen molar-refractivity contribution in [3.8, 4) is 0 Å². The summed E-state index contributed by atoms with van der Waals surface area (Å²) < 4.78 is 0. The minimum atomic E-state index is 0. The molecule has 132 valence electrons. The molecule has 6 heteroatoms. The lowest BCUT2D eigenvalue weighted by atomic mass is 10.0. The zero-order valence-corrected chi connectivity index (χ0v) is 16.1. The quantitative estimate of drug-likeness (QED) is 0.847. The van der Waals surface area contributed by atoms with Crippen LogP contribution in [0.25, 0.3) is 0 Å². The molecule has 24 heavy (non-hydrogen) atoms. The van der Waals surface area contributed by atoms with Crippen LogP contribution >= 0.6 is 36.4 Å². The molecule has 1 aliphatic heterocycles. The predicted octanol–water partition coefficient (Wildman–Crippen LogP) is 4.29. The molecule has 0 bridgehead atoms. The average Bonchev–Trinajstić information content (AvgIpc) is 2.58. The largest absolute Gasteiger partial charge is 0.314 e. The fourth-order valence-electron chi connectivity index (χ4n) is 2.99. The molecule has 0 aliphatic carbocycles. The zero-order chi connectivity index (χ0) is 15.4. The van der Waals surface area contributed by atoms with E-state index >= 15 is 0 Å². The van der Waals surface area contributed by atoms with Gasteiger partial charge in [0.15, 0.2) is 0 Å². The summed E-state index contributed by atoms with van der Waals surface area (Å²) in [5, 5.41) is 4.26. The highest BCUT2D eigenvalue weighted by atomic mass is 35.5. The van der Waals surface area contributed by atoms with Crippen molar-refractivity contribution in [3.05, 3.63) is 64.4 Å². The van der Waals surface area contributed by atoms with E-state index in [1.54, 1.807) is 6.20 Å². The lowest BCUT2D eigenvalue weighted by molar-refractivity contribution is 0.154. The third-order valence-electron chi connectivity index (χ3n) is 4.36. The smallest absolute Gasteiger partial charge is 0.0634 e. The van der Waals surface area contributed by atoms with Crippen LogP contribution in [0.5, 0.6) is 0 Å². The summed E-state index contributed by atoms with van der Waals surface area (Å²) >= 11 is 6.27.